The lowest BCUT2D eigenvalue weighted by Crippen LogP contribution is -2.27. The summed E-state index contributed by atoms with van der Waals surface area (Å²) in [5.41, 5.74) is 1.73. The monoisotopic (exact) mass is 367 g/mol. The number of hydrogen-bond acceptors (Lipinski definition) is 8. The van der Waals surface area contributed by atoms with Crippen LogP contribution < -0.4 is 5.32 Å². The van der Waals surface area contributed by atoms with Crippen LogP contribution in [0.5, 0.6) is 0 Å². The Balaban J connectivity index is 1.37. The number of hydrogen-bond donors (Lipinski definition) is 1. The van der Waals surface area contributed by atoms with Crippen LogP contribution in [0, 0.1) is 0 Å². The van der Waals surface area contributed by atoms with Gasteiger partial charge in [0.05, 0.1) is 12.7 Å². The van der Waals surface area contributed by atoms with Gasteiger partial charge < -0.3 is 9.84 Å². The first-order valence-electron chi connectivity index (χ1n) is 7.75. The summed E-state index contributed by atoms with van der Waals surface area (Å²) in [5, 5.41) is 18.4. The molecule has 0 bridgehead atoms. The van der Waals surface area contributed by atoms with E-state index in [2.05, 4.69) is 30.8 Å². The summed E-state index contributed by atoms with van der Waals surface area (Å²) in [6, 6.07) is 7.23. The van der Waals surface area contributed by atoms with Gasteiger partial charge in [-0.15, -0.1) is 5.10 Å². The van der Waals surface area contributed by atoms with Crippen LogP contribution in [0.25, 0.3) is 23.1 Å². The zero-order valence-electron chi connectivity index (χ0n) is 13.4. The number of carbonyl (C=O) groups is 1. The lowest BCUT2D eigenvalue weighted by molar-refractivity contribution is 0.0952. The summed E-state index contributed by atoms with van der Waals surface area (Å²) in [6.45, 7) is 0.907. The minimum Gasteiger partial charge on any atom is -0.350 e. The van der Waals surface area contributed by atoms with Crippen LogP contribution in [0.1, 0.15) is 10.4 Å². The molecule has 4 aromatic heterocycles. The van der Waals surface area contributed by atoms with E-state index in [0.717, 1.165) is 0 Å². The van der Waals surface area contributed by atoms with Gasteiger partial charge in [-0.3, -0.25) is 9.78 Å². The van der Waals surface area contributed by atoms with Crippen molar-refractivity contribution in [1.82, 2.24) is 35.4 Å². The first-order valence-corrected chi connectivity index (χ1v) is 8.70. The van der Waals surface area contributed by atoms with Gasteiger partial charge in [0.1, 0.15) is 5.69 Å². The van der Waals surface area contributed by atoms with E-state index in [1.165, 1.54) is 11.3 Å². The molecule has 0 aromatic carbocycles. The number of nitrogens with zero attached hydrogens (tertiary/aromatic N) is 6. The number of amides is 1. The Kier molecular flexibility index (Phi) is 4.48. The average Bonchev–Trinajstić information content (AvgIpc) is 3.42. The molecule has 26 heavy (non-hydrogen) atoms. The molecule has 0 radical (unpaired) electrons. The smallest absolute Gasteiger partial charge is 0.280 e. The Bertz CT molecular complexity index is 995. The lowest BCUT2D eigenvalue weighted by atomic mass is 10.3. The molecule has 0 fully saturated rings. The number of carbonyl (C=O) groups excluding carboxylic acids is 1. The summed E-state index contributed by atoms with van der Waals surface area (Å²) in [5.74, 6) is 0.542. The number of pyridine rings is 1. The van der Waals surface area contributed by atoms with Crippen LogP contribution in [0.4, 0.5) is 0 Å². The molecule has 9 nitrogen and oxygen atoms in total. The third kappa shape index (κ3) is 3.49. The molecule has 1 amide bonds. The van der Waals surface area contributed by atoms with Gasteiger partial charge >= 0.3 is 0 Å². The second-order valence-corrected chi connectivity index (χ2v) is 6.05. The topological polar surface area (TPSA) is 112 Å². The van der Waals surface area contributed by atoms with E-state index in [9.17, 15) is 4.79 Å². The second kappa shape index (κ2) is 7.23. The largest absolute Gasteiger partial charge is 0.350 e. The van der Waals surface area contributed by atoms with Crippen LogP contribution in [0.3, 0.4) is 0 Å². The van der Waals surface area contributed by atoms with Crippen molar-refractivity contribution in [2.45, 2.75) is 6.54 Å². The minimum absolute atomic E-state index is 0.108. The SMILES string of the molecule is O=C(NCCn1cc(-c2nc(-c3ccccn3)no2)nn1)c1ccsc1. The van der Waals surface area contributed by atoms with Crippen molar-refractivity contribution in [3.8, 4) is 23.1 Å². The summed E-state index contributed by atoms with van der Waals surface area (Å²) in [4.78, 5) is 20.3. The fourth-order valence-corrected chi connectivity index (χ4v) is 2.85. The Morgan fingerprint density at radius 1 is 1.27 bits per heavy atom. The van der Waals surface area contributed by atoms with Crippen molar-refractivity contribution in [3.63, 3.8) is 0 Å². The summed E-state index contributed by atoms with van der Waals surface area (Å²) >= 11 is 1.48. The van der Waals surface area contributed by atoms with Crippen molar-refractivity contribution < 1.29 is 9.32 Å². The van der Waals surface area contributed by atoms with Crippen molar-refractivity contribution in [2.24, 2.45) is 0 Å². The normalized spacial score (nSPS) is 10.8. The predicted octanol–water partition coefficient (Wildman–Crippen LogP) is 1.88. The standard InChI is InChI=1S/C16H13N7O2S/c24-15(11-4-8-26-10-11)18-6-7-23-9-13(20-22-23)16-19-14(21-25-16)12-3-1-2-5-17-12/h1-5,8-10H,6-7H2,(H,18,24). The molecule has 0 atom stereocenters. The Morgan fingerprint density at radius 2 is 2.23 bits per heavy atom. The van der Waals surface area contributed by atoms with E-state index in [4.69, 9.17) is 4.52 Å². The molecular weight excluding hydrogens is 354 g/mol. The maximum Gasteiger partial charge on any atom is 0.280 e. The van der Waals surface area contributed by atoms with E-state index in [1.54, 1.807) is 34.6 Å². The summed E-state index contributed by atoms with van der Waals surface area (Å²) in [6.07, 6.45) is 3.35. The Labute approximate surface area is 151 Å². The molecule has 1 N–H and O–H groups in total. The molecule has 0 aliphatic rings. The summed E-state index contributed by atoms with van der Waals surface area (Å²) in [7, 11) is 0. The highest BCUT2D eigenvalue weighted by Gasteiger charge is 2.14. The first kappa shape index (κ1) is 16.1. The number of rotatable bonds is 6. The third-order valence-corrected chi connectivity index (χ3v) is 4.17. The highest BCUT2D eigenvalue weighted by Crippen LogP contribution is 2.18. The molecular formula is C16H13N7O2S. The molecule has 10 heteroatoms. The van der Waals surface area contributed by atoms with Crippen molar-refractivity contribution in [3.05, 3.63) is 53.0 Å². The molecule has 0 aliphatic carbocycles. The van der Waals surface area contributed by atoms with E-state index in [0.29, 0.717) is 35.9 Å². The lowest BCUT2D eigenvalue weighted by Gasteiger charge is -2.02. The van der Waals surface area contributed by atoms with Crippen molar-refractivity contribution >= 4 is 17.2 Å². The third-order valence-electron chi connectivity index (χ3n) is 3.49. The Hall–Kier alpha value is -3.40. The van der Waals surface area contributed by atoms with Crippen LogP contribution in [-0.2, 0) is 6.54 Å². The van der Waals surface area contributed by atoms with Crippen LogP contribution in [-0.4, -0.2) is 42.6 Å². The van der Waals surface area contributed by atoms with Gasteiger partial charge in [-0.25, -0.2) is 4.68 Å². The molecule has 0 saturated heterocycles. The number of nitrogens with one attached hydrogen (secondary N) is 1. The van der Waals surface area contributed by atoms with Crippen molar-refractivity contribution in [1.29, 1.82) is 0 Å². The van der Waals surface area contributed by atoms with Crippen LogP contribution in [0.15, 0.2) is 51.9 Å². The fraction of sp³-hybridized carbons (Fsp3) is 0.125. The number of thiophene rings is 1. The van der Waals surface area contributed by atoms with Gasteiger partial charge in [-0.1, -0.05) is 16.4 Å². The first-order chi connectivity index (χ1) is 12.8. The van der Waals surface area contributed by atoms with Gasteiger partial charge in [0.25, 0.3) is 11.8 Å². The quantitative estimate of drug-likeness (QED) is 0.554. The van der Waals surface area contributed by atoms with E-state index < -0.39 is 0 Å². The van der Waals surface area contributed by atoms with Gasteiger partial charge in [0, 0.05) is 23.7 Å². The maximum absolute atomic E-state index is 11.9. The fourth-order valence-electron chi connectivity index (χ4n) is 2.21. The molecule has 4 aromatic rings. The minimum atomic E-state index is -0.108. The van der Waals surface area contributed by atoms with Gasteiger partial charge in [-0.05, 0) is 23.6 Å². The predicted molar refractivity (Wildman–Crippen MR) is 93.2 cm³/mol. The highest BCUT2D eigenvalue weighted by molar-refractivity contribution is 7.08. The second-order valence-electron chi connectivity index (χ2n) is 5.27. The van der Waals surface area contributed by atoms with Crippen LogP contribution in [0.2, 0.25) is 0 Å². The van der Waals surface area contributed by atoms with Gasteiger partial charge in [0.2, 0.25) is 5.82 Å². The molecule has 0 aliphatic heterocycles. The van der Waals surface area contributed by atoms with Crippen LogP contribution >= 0.6 is 11.3 Å². The molecule has 0 unspecified atom stereocenters. The van der Waals surface area contributed by atoms with E-state index in [-0.39, 0.29) is 11.8 Å². The van der Waals surface area contributed by atoms with E-state index in [1.807, 2.05) is 17.5 Å². The zero-order valence-corrected chi connectivity index (χ0v) is 14.3. The molecule has 4 heterocycles. The zero-order chi connectivity index (χ0) is 17.8. The van der Waals surface area contributed by atoms with Crippen molar-refractivity contribution in [2.75, 3.05) is 6.54 Å². The Morgan fingerprint density at radius 3 is 3.04 bits per heavy atom. The highest BCUT2D eigenvalue weighted by atomic mass is 32.1. The molecule has 130 valence electrons. The van der Waals surface area contributed by atoms with Gasteiger partial charge in [-0.2, -0.15) is 16.3 Å². The van der Waals surface area contributed by atoms with Gasteiger partial charge in [0.15, 0.2) is 5.69 Å². The maximum atomic E-state index is 11.9. The van der Waals surface area contributed by atoms with E-state index >= 15 is 0 Å². The average molecular weight is 367 g/mol. The molecule has 4 rings (SSSR count). The molecule has 0 saturated carbocycles. The molecule has 0 spiro atoms. The number of aromatic nitrogens is 6. The summed E-state index contributed by atoms with van der Waals surface area (Å²) < 4.78 is 6.83.